The second kappa shape index (κ2) is 3.39. The lowest BCUT2D eigenvalue weighted by atomic mass is 9.89. The first-order valence-corrected chi connectivity index (χ1v) is 4.83. The van der Waals surface area contributed by atoms with Crippen LogP contribution < -0.4 is 5.32 Å². The van der Waals surface area contributed by atoms with E-state index >= 15 is 0 Å². The van der Waals surface area contributed by atoms with Crippen molar-refractivity contribution in [1.29, 1.82) is 0 Å². The number of nitrogens with zero attached hydrogens (tertiary/aromatic N) is 1. The van der Waals surface area contributed by atoms with Gasteiger partial charge in [0.15, 0.2) is 5.78 Å². The molecule has 0 saturated carbocycles. The lowest BCUT2D eigenvalue weighted by Crippen LogP contribution is -2.46. The molecule has 0 radical (unpaired) electrons. The quantitative estimate of drug-likeness (QED) is 0.656. The van der Waals surface area contributed by atoms with Gasteiger partial charge in [0.25, 0.3) is 0 Å². The van der Waals surface area contributed by atoms with Crippen molar-refractivity contribution in [3.05, 3.63) is 0 Å². The first kappa shape index (κ1) is 10.7. The van der Waals surface area contributed by atoms with E-state index in [1.165, 1.54) is 0 Å². The number of ketones is 1. The van der Waals surface area contributed by atoms with E-state index in [4.69, 9.17) is 0 Å². The van der Waals surface area contributed by atoms with Crippen LogP contribution in [0.15, 0.2) is 0 Å². The van der Waals surface area contributed by atoms with Crippen molar-refractivity contribution in [2.24, 2.45) is 5.41 Å². The smallest absolute Gasteiger partial charge is 0.169 e. The van der Waals surface area contributed by atoms with Gasteiger partial charge in [-0.3, -0.25) is 15.0 Å². The van der Waals surface area contributed by atoms with E-state index in [-0.39, 0.29) is 17.4 Å². The normalized spacial score (nSPS) is 30.8. The molecule has 76 valence electrons. The fraction of sp³-hybridized carbons (Fsp3) is 0.900. The van der Waals surface area contributed by atoms with Gasteiger partial charge in [0.1, 0.15) is 6.17 Å². The monoisotopic (exact) mass is 184 g/mol. The number of likely N-dealkylation sites (N-methyl/N-ethyl adjacent to an activating group) is 1. The van der Waals surface area contributed by atoms with Crippen molar-refractivity contribution < 1.29 is 4.79 Å². The van der Waals surface area contributed by atoms with Crippen LogP contribution in [-0.2, 0) is 4.79 Å². The van der Waals surface area contributed by atoms with Crippen LogP contribution in [-0.4, -0.2) is 36.5 Å². The summed E-state index contributed by atoms with van der Waals surface area (Å²) in [5.74, 6) is 0.277. The Morgan fingerprint density at radius 3 is 2.31 bits per heavy atom. The van der Waals surface area contributed by atoms with Crippen molar-refractivity contribution in [2.75, 3.05) is 13.6 Å². The SMILES string of the molecule is CC1CN(C)C(C(=O)C(C)(C)C)N1. The van der Waals surface area contributed by atoms with Crippen molar-refractivity contribution >= 4 is 5.78 Å². The predicted molar refractivity (Wildman–Crippen MR) is 53.5 cm³/mol. The van der Waals surface area contributed by atoms with Crippen molar-refractivity contribution in [1.82, 2.24) is 10.2 Å². The van der Waals surface area contributed by atoms with Gasteiger partial charge in [0, 0.05) is 18.0 Å². The lowest BCUT2D eigenvalue weighted by molar-refractivity contribution is -0.131. The van der Waals surface area contributed by atoms with Crippen LogP contribution in [0.3, 0.4) is 0 Å². The minimum absolute atomic E-state index is 0.0880. The molecule has 1 aliphatic rings. The van der Waals surface area contributed by atoms with Crippen molar-refractivity contribution in [3.63, 3.8) is 0 Å². The van der Waals surface area contributed by atoms with Crippen LogP contribution in [0, 0.1) is 5.41 Å². The van der Waals surface area contributed by atoms with Gasteiger partial charge >= 0.3 is 0 Å². The van der Waals surface area contributed by atoms with Crippen LogP contribution in [0.2, 0.25) is 0 Å². The summed E-state index contributed by atoms with van der Waals surface area (Å²) in [5.41, 5.74) is -0.254. The third-order valence-corrected chi connectivity index (χ3v) is 2.43. The molecule has 1 N–H and O–H groups in total. The maximum Gasteiger partial charge on any atom is 0.169 e. The zero-order valence-corrected chi connectivity index (χ0v) is 9.22. The van der Waals surface area contributed by atoms with E-state index in [9.17, 15) is 4.79 Å². The molecule has 0 aliphatic carbocycles. The maximum atomic E-state index is 11.9. The summed E-state index contributed by atoms with van der Waals surface area (Å²) in [6, 6.07) is 0.418. The predicted octanol–water partition coefficient (Wildman–Crippen LogP) is 0.851. The average Bonchev–Trinajstić information content (AvgIpc) is 2.26. The Morgan fingerprint density at radius 2 is 2.00 bits per heavy atom. The number of rotatable bonds is 1. The van der Waals surface area contributed by atoms with Crippen LogP contribution in [0.4, 0.5) is 0 Å². The second-order valence-corrected chi connectivity index (χ2v) is 5.02. The molecule has 3 nitrogen and oxygen atoms in total. The number of carbonyl (C=O) groups excluding carboxylic acids is 1. The minimum Gasteiger partial charge on any atom is -0.296 e. The molecule has 0 aromatic rings. The van der Waals surface area contributed by atoms with Crippen LogP contribution in [0.25, 0.3) is 0 Å². The summed E-state index contributed by atoms with van der Waals surface area (Å²) in [4.78, 5) is 14.0. The highest BCUT2D eigenvalue weighted by molar-refractivity contribution is 5.88. The molecule has 1 rings (SSSR count). The molecule has 0 spiro atoms. The fourth-order valence-corrected chi connectivity index (χ4v) is 1.67. The van der Waals surface area contributed by atoms with Gasteiger partial charge in [-0.15, -0.1) is 0 Å². The van der Waals surface area contributed by atoms with Gasteiger partial charge in [0.2, 0.25) is 0 Å². The Kier molecular flexibility index (Phi) is 2.78. The molecule has 0 amide bonds. The molecule has 2 atom stereocenters. The molecular formula is C10H20N2O. The zero-order chi connectivity index (χ0) is 10.2. The molecular weight excluding hydrogens is 164 g/mol. The summed E-state index contributed by atoms with van der Waals surface area (Å²) in [7, 11) is 1.99. The Bertz CT molecular complexity index is 207. The summed E-state index contributed by atoms with van der Waals surface area (Å²) < 4.78 is 0. The molecule has 1 heterocycles. The van der Waals surface area contributed by atoms with Crippen molar-refractivity contribution in [3.8, 4) is 0 Å². The third-order valence-electron chi connectivity index (χ3n) is 2.43. The first-order valence-electron chi connectivity index (χ1n) is 4.83. The van der Waals surface area contributed by atoms with E-state index in [1.54, 1.807) is 0 Å². The van der Waals surface area contributed by atoms with Crippen molar-refractivity contribution in [2.45, 2.75) is 39.9 Å². The molecule has 1 saturated heterocycles. The molecule has 13 heavy (non-hydrogen) atoms. The highest BCUT2D eigenvalue weighted by Gasteiger charge is 2.36. The summed E-state index contributed by atoms with van der Waals surface area (Å²) in [6.45, 7) is 8.95. The van der Waals surface area contributed by atoms with Crippen LogP contribution in [0.5, 0.6) is 0 Å². The van der Waals surface area contributed by atoms with E-state index in [2.05, 4.69) is 17.1 Å². The highest BCUT2D eigenvalue weighted by Crippen LogP contribution is 2.20. The molecule has 1 aliphatic heterocycles. The number of Topliss-reactive ketones (excluding diaryl/α,β-unsaturated/α-hetero) is 1. The third kappa shape index (κ3) is 2.29. The van der Waals surface area contributed by atoms with Gasteiger partial charge in [0.05, 0.1) is 0 Å². The fourth-order valence-electron chi connectivity index (χ4n) is 1.67. The first-order chi connectivity index (χ1) is 5.82. The van der Waals surface area contributed by atoms with Crippen LogP contribution in [0.1, 0.15) is 27.7 Å². The second-order valence-electron chi connectivity index (χ2n) is 5.02. The summed E-state index contributed by atoms with van der Waals surface area (Å²) >= 11 is 0. The van der Waals surface area contributed by atoms with Gasteiger partial charge in [-0.2, -0.15) is 0 Å². The lowest BCUT2D eigenvalue weighted by Gasteiger charge is -2.25. The molecule has 0 aromatic heterocycles. The average molecular weight is 184 g/mol. The Hall–Kier alpha value is -0.410. The number of hydrogen-bond donors (Lipinski definition) is 1. The topological polar surface area (TPSA) is 32.3 Å². The van der Waals surface area contributed by atoms with E-state index in [0.717, 1.165) is 6.54 Å². The highest BCUT2D eigenvalue weighted by atomic mass is 16.1. The molecule has 2 unspecified atom stereocenters. The zero-order valence-electron chi connectivity index (χ0n) is 9.22. The molecule has 0 aromatic carbocycles. The number of carbonyl (C=O) groups is 1. The Labute approximate surface area is 80.5 Å². The van der Waals surface area contributed by atoms with Gasteiger partial charge in [-0.25, -0.2) is 0 Å². The number of hydrogen-bond acceptors (Lipinski definition) is 3. The van der Waals surface area contributed by atoms with Gasteiger partial charge < -0.3 is 0 Å². The van der Waals surface area contributed by atoms with Gasteiger partial charge in [-0.1, -0.05) is 20.8 Å². The Morgan fingerprint density at radius 1 is 1.46 bits per heavy atom. The maximum absolute atomic E-state index is 11.9. The van der Waals surface area contributed by atoms with E-state index in [0.29, 0.717) is 6.04 Å². The van der Waals surface area contributed by atoms with Crippen LogP contribution >= 0.6 is 0 Å². The van der Waals surface area contributed by atoms with E-state index < -0.39 is 0 Å². The minimum atomic E-state index is -0.254. The molecule has 1 fully saturated rings. The molecule has 0 bridgehead atoms. The Balaban J connectivity index is 2.68. The van der Waals surface area contributed by atoms with Gasteiger partial charge in [-0.05, 0) is 14.0 Å². The molecule has 3 heteroatoms. The number of nitrogens with one attached hydrogen (secondary N) is 1. The summed E-state index contributed by atoms with van der Waals surface area (Å²) in [6.07, 6.45) is -0.0880. The summed E-state index contributed by atoms with van der Waals surface area (Å²) in [5, 5.41) is 3.29. The van der Waals surface area contributed by atoms with E-state index in [1.807, 2.05) is 27.8 Å². The largest absolute Gasteiger partial charge is 0.296 e. The standard InChI is InChI=1S/C10H20N2O/c1-7-6-12(5)9(11-7)8(13)10(2,3)4/h7,9,11H,6H2,1-5H3.